The van der Waals surface area contributed by atoms with Crippen molar-refractivity contribution in [1.82, 2.24) is 20.3 Å². The largest absolute Gasteiger partial charge is 0.388 e. The Hall–Kier alpha value is -3.73. The van der Waals surface area contributed by atoms with E-state index in [2.05, 4.69) is 47.3 Å². The summed E-state index contributed by atoms with van der Waals surface area (Å²) >= 11 is 0. The molecule has 1 aliphatic rings. The molecule has 5 rings (SSSR count). The van der Waals surface area contributed by atoms with Crippen LogP contribution in [0.3, 0.4) is 0 Å². The third-order valence-electron chi connectivity index (χ3n) is 5.69. The molecule has 2 heterocycles. The lowest BCUT2D eigenvalue weighted by Crippen LogP contribution is -2.16. The lowest BCUT2D eigenvalue weighted by Gasteiger charge is -2.14. The Morgan fingerprint density at radius 2 is 1.81 bits per heavy atom. The molecule has 2 N–H and O–H groups in total. The van der Waals surface area contributed by atoms with Crippen molar-refractivity contribution in [2.45, 2.75) is 26.2 Å². The number of nitrogens with zero attached hydrogens (tertiary/aromatic N) is 3. The van der Waals surface area contributed by atoms with Gasteiger partial charge in [-0.2, -0.15) is 0 Å². The van der Waals surface area contributed by atoms with Gasteiger partial charge in [0.05, 0.1) is 5.52 Å². The molecule has 5 nitrogen and oxygen atoms in total. The van der Waals surface area contributed by atoms with E-state index in [0.29, 0.717) is 11.7 Å². The van der Waals surface area contributed by atoms with Crippen LogP contribution in [0.4, 0.5) is 5.82 Å². The minimum absolute atomic E-state index is 0.603. The van der Waals surface area contributed by atoms with Gasteiger partial charge in [-0.3, -0.25) is 4.98 Å². The molecule has 160 valence electrons. The van der Waals surface area contributed by atoms with E-state index in [1.54, 1.807) is 0 Å². The van der Waals surface area contributed by atoms with Gasteiger partial charge in [0.15, 0.2) is 5.82 Å². The number of anilines is 1. The number of nitrogens with one attached hydrogen (secondary N) is 2. The van der Waals surface area contributed by atoms with Crippen LogP contribution in [0.2, 0.25) is 0 Å². The van der Waals surface area contributed by atoms with Gasteiger partial charge in [0.2, 0.25) is 0 Å². The third-order valence-corrected chi connectivity index (χ3v) is 5.69. The highest BCUT2D eigenvalue weighted by Crippen LogP contribution is 2.36. The second-order valence-corrected chi connectivity index (χ2v) is 8.24. The van der Waals surface area contributed by atoms with Crippen molar-refractivity contribution in [1.29, 1.82) is 0 Å². The van der Waals surface area contributed by atoms with Crippen LogP contribution in [0.1, 0.15) is 26.2 Å². The fourth-order valence-electron chi connectivity index (χ4n) is 3.93. The summed E-state index contributed by atoms with van der Waals surface area (Å²) in [5.74, 6) is 1.97. The van der Waals surface area contributed by atoms with Crippen LogP contribution in [0.15, 0.2) is 84.8 Å². The summed E-state index contributed by atoms with van der Waals surface area (Å²) in [5.41, 5.74) is 3.73. The molecule has 0 saturated heterocycles. The van der Waals surface area contributed by atoms with Crippen LogP contribution in [-0.4, -0.2) is 21.5 Å². The number of hydrogen-bond donors (Lipinski definition) is 2. The van der Waals surface area contributed by atoms with Crippen molar-refractivity contribution >= 4 is 27.5 Å². The van der Waals surface area contributed by atoms with Gasteiger partial charge >= 0.3 is 0 Å². The van der Waals surface area contributed by atoms with Gasteiger partial charge in [-0.1, -0.05) is 49.9 Å². The summed E-state index contributed by atoms with van der Waals surface area (Å²) in [6, 6.07) is 18.2. The molecular weight excluding hydrogens is 394 g/mol. The monoisotopic (exact) mass is 421 g/mol. The Kier molecular flexibility index (Phi) is 5.55. The van der Waals surface area contributed by atoms with Gasteiger partial charge in [0, 0.05) is 34.9 Å². The lowest BCUT2D eigenvalue weighted by molar-refractivity contribution is 0.719. The summed E-state index contributed by atoms with van der Waals surface area (Å²) < 4.78 is 0. The Labute approximate surface area is 188 Å². The molecule has 4 aromatic rings. The number of pyridine rings is 1. The zero-order valence-electron chi connectivity index (χ0n) is 18.3. The molecular formula is C27H27N5. The van der Waals surface area contributed by atoms with Gasteiger partial charge in [-0.15, -0.1) is 0 Å². The molecule has 2 aromatic heterocycles. The zero-order chi connectivity index (χ0) is 21.9. The fourth-order valence-corrected chi connectivity index (χ4v) is 3.93. The van der Waals surface area contributed by atoms with Crippen molar-refractivity contribution in [2.24, 2.45) is 5.92 Å². The Bertz CT molecular complexity index is 1310. The summed E-state index contributed by atoms with van der Waals surface area (Å²) in [5, 5.41) is 10.1. The fraction of sp³-hybridized carbons (Fsp3) is 0.222. The molecule has 5 heteroatoms. The van der Waals surface area contributed by atoms with Gasteiger partial charge in [-0.05, 0) is 54.8 Å². The zero-order valence-corrected chi connectivity index (χ0v) is 18.3. The van der Waals surface area contributed by atoms with E-state index in [1.165, 1.54) is 18.5 Å². The maximum absolute atomic E-state index is 4.90. The number of benzene rings is 2. The molecule has 1 fully saturated rings. The average Bonchev–Trinajstić information content (AvgIpc) is 3.67. The van der Waals surface area contributed by atoms with E-state index in [9.17, 15) is 0 Å². The predicted octanol–water partition coefficient (Wildman–Crippen LogP) is 6.06. The molecule has 1 aliphatic carbocycles. The van der Waals surface area contributed by atoms with Crippen molar-refractivity contribution < 1.29 is 0 Å². The first-order valence-electron chi connectivity index (χ1n) is 11.2. The van der Waals surface area contributed by atoms with Gasteiger partial charge in [0.25, 0.3) is 0 Å². The molecule has 0 aliphatic heterocycles. The number of hydrogen-bond acceptors (Lipinski definition) is 5. The van der Waals surface area contributed by atoms with Crippen LogP contribution in [-0.2, 0) is 0 Å². The van der Waals surface area contributed by atoms with Crippen LogP contribution < -0.4 is 10.6 Å². The average molecular weight is 422 g/mol. The van der Waals surface area contributed by atoms with Crippen molar-refractivity contribution in [3.63, 3.8) is 0 Å². The molecule has 1 saturated carbocycles. The molecule has 2 aromatic carbocycles. The first-order valence-corrected chi connectivity index (χ1v) is 11.2. The van der Waals surface area contributed by atoms with Gasteiger partial charge in [-0.25, -0.2) is 9.97 Å². The van der Waals surface area contributed by atoms with Gasteiger partial charge < -0.3 is 10.6 Å². The minimum Gasteiger partial charge on any atom is -0.388 e. The molecule has 0 amide bonds. The molecule has 0 atom stereocenters. The van der Waals surface area contributed by atoms with E-state index in [4.69, 9.17) is 9.97 Å². The summed E-state index contributed by atoms with van der Waals surface area (Å²) in [6.45, 7) is 7.42. The van der Waals surface area contributed by atoms with Gasteiger partial charge in [0.1, 0.15) is 11.5 Å². The number of rotatable bonds is 8. The highest BCUT2D eigenvalue weighted by molar-refractivity contribution is 5.96. The number of aromatic nitrogens is 3. The highest BCUT2D eigenvalue weighted by atomic mass is 15.1. The van der Waals surface area contributed by atoms with Crippen molar-refractivity contribution in [3.05, 3.63) is 84.8 Å². The Morgan fingerprint density at radius 3 is 2.62 bits per heavy atom. The Balaban J connectivity index is 1.55. The Morgan fingerprint density at radius 1 is 1.03 bits per heavy atom. The number of para-hydroxylation sites is 1. The summed E-state index contributed by atoms with van der Waals surface area (Å²) in [6.07, 6.45) is 7.51. The molecule has 0 unspecified atom stereocenters. The van der Waals surface area contributed by atoms with Crippen molar-refractivity contribution in [2.75, 3.05) is 11.9 Å². The standard InChI is InChI=1S/C27H27N5/c1-3-15-28-24(20-12-13-20)17-18(2)30-26-22-10-6-7-11-23(22)31-27(32-26)25-21-9-5-4-8-19(21)14-16-29-25/h4-11,14,16-17,20,28H,2-3,12-13,15H2,1H3,(H,30,31,32)/b24-17-. The first-order chi connectivity index (χ1) is 15.7. The molecule has 0 spiro atoms. The second-order valence-electron chi connectivity index (χ2n) is 8.24. The van der Waals surface area contributed by atoms with E-state index in [0.717, 1.165) is 51.8 Å². The first kappa shape index (κ1) is 20.2. The summed E-state index contributed by atoms with van der Waals surface area (Å²) in [7, 11) is 0. The quantitative estimate of drug-likeness (QED) is 0.338. The molecule has 0 bridgehead atoms. The molecule has 32 heavy (non-hydrogen) atoms. The van der Waals surface area contributed by atoms with E-state index in [-0.39, 0.29) is 0 Å². The normalized spacial score (nSPS) is 14.0. The highest BCUT2D eigenvalue weighted by Gasteiger charge is 2.25. The van der Waals surface area contributed by atoms with Crippen LogP contribution in [0, 0.1) is 5.92 Å². The number of allylic oxidation sites excluding steroid dienone is 2. The lowest BCUT2D eigenvalue weighted by atomic mass is 10.1. The van der Waals surface area contributed by atoms with E-state index < -0.39 is 0 Å². The SMILES string of the molecule is C=C(/C=C(\NCCC)C1CC1)Nc1nc(-c2nccc3ccccc23)nc2ccccc12. The topological polar surface area (TPSA) is 62.7 Å². The van der Waals surface area contributed by atoms with Crippen LogP contribution >= 0.6 is 0 Å². The molecule has 0 radical (unpaired) electrons. The van der Waals surface area contributed by atoms with E-state index >= 15 is 0 Å². The predicted molar refractivity (Wildman–Crippen MR) is 132 cm³/mol. The van der Waals surface area contributed by atoms with Crippen LogP contribution in [0.25, 0.3) is 33.2 Å². The maximum Gasteiger partial charge on any atom is 0.181 e. The van der Waals surface area contributed by atoms with Crippen LogP contribution in [0.5, 0.6) is 0 Å². The summed E-state index contributed by atoms with van der Waals surface area (Å²) in [4.78, 5) is 14.3. The second kappa shape index (κ2) is 8.79. The maximum atomic E-state index is 4.90. The minimum atomic E-state index is 0.603. The number of fused-ring (bicyclic) bond motifs is 2. The third kappa shape index (κ3) is 4.19. The van der Waals surface area contributed by atoms with E-state index in [1.807, 2.05) is 48.7 Å². The smallest absolute Gasteiger partial charge is 0.181 e. The van der Waals surface area contributed by atoms with Crippen molar-refractivity contribution in [3.8, 4) is 11.5 Å².